The summed E-state index contributed by atoms with van der Waals surface area (Å²) >= 11 is 0. The summed E-state index contributed by atoms with van der Waals surface area (Å²) in [5, 5.41) is 8.51. The van der Waals surface area contributed by atoms with Gasteiger partial charge in [-0.1, -0.05) is 0 Å². The zero-order valence-corrected chi connectivity index (χ0v) is 9.18. The average molecular weight is 222 g/mol. The Morgan fingerprint density at radius 3 is 3.00 bits per heavy atom. The first kappa shape index (κ1) is 12.3. The first-order valence-corrected chi connectivity index (χ1v) is 4.98. The Kier molecular flexibility index (Phi) is 5.09. The van der Waals surface area contributed by atoms with Crippen LogP contribution in [0.2, 0.25) is 0 Å². The van der Waals surface area contributed by atoms with Crippen molar-refractivity contribution in [3.8, 4) is 6.07 Å². The van der Waals surface area contributed by atoms with E-state index >= 15 is 0 Å². The summed E-state index contributed by atoms with van der Waals surface area (Å²) in [7, 11) is 1.57. The lowest BCUT2D eigenvalue weighted by molar-refractivity contribution is 0.0669. The maximum atomic E-state index is 11.9. The van der Waals surface area contributed by atoms with Crippen LogP contribution in [0, 0.1) is 11.3 Å². The molecule has 5 nitrogen and oxygen atoms in total. The van der Waals surface area contributed by atoms with E-state index in [0.717, 1.165) is 0 Å². The highest BCUT2D eigenvalue weighted by Crippen LogP contribution is 2.06. The van der Waals surface area contributed by atoms with Gasteiger partial charge in [-0.15, -0.1) is 0 Å². The van der Waals surface area contributed by atoms with Crippen molar-refractivity contribution < 1.29 is 13.9 Å². The molecule has 0 bridgehead atoms. The molecule has 0 aromatic carbocycles. The molecule has 1 aromatic heterocycles. The van der Waals surface area contributed by atoms with Crippen molar-refractivity contribution in [1.29, 1.82) is 5.26 Å². The van der Waals surface area contributed by atoms with Crippen molar-refractivity contribution in [2.24, 2.45) is 0 Å². The van der Waals surface area contributed by atoms with Crippen LogP contribution in [-0.4, -0.2) is 37.6 Å². The zero-order valence-electron chi connectivity index (χ0n) is 9.18. The summed E-state index contributed by atoms with van der Waals surface area (Å²) in [4.78, 5) is 13.4. The topological polar surface area (TPSA) is 66.5 Å². The lowest BCUT2D eigenvalue weighted by atomic mass is 10.3. The quantitative estimate of drug-likeness (QED) is 0.727. The number of rotatable bonds is 6. The largest absolute Gasteiger partial charge is 0.459 e. The molecule has 1 aromatic rings. The van der Waals surface area contributed by atoms with Gasteiger partial charge in [0.15, 0.2) is 5.76 Å². The molecule has 0 aliphatic carbocycles. The highest BCUT2D eigenvalue weighted by Gasteiger charge is 2.17. The molecule has 0 atom stereocenters. The SMILES string of the molecule is COCCN(CCC#N)C(=O)c1ccco1. The normalized spacial score (nSPS) is 9.75. The fraction of sp³-hybridized carbons (Fsp3) is 0.455. The van der Waals surface area contributed by atoms with Crippen LogP contribution in [0.5, 0.6) is 0 Å². The lowest BCUT2D eigenvalue weighted by Gasteiger charge is -2.19. The van der Waals surface area contributed by atoms with Crippen molar-refractivity contribution in [3.63, 3.8) is 0 Å². The highest BCUT2D eigenvalue weighted by molar-refractivity contribution is 5.91. The van der Waals surface area contributed by atoms with Crippen LogP contribution >= 0.6 is 0 Å². The fourth-order valence-electron chi connectivity index (χ4n) is 1.26. The smallest absolute Gasteiger partial charge is 0.289 e. The van der Waals surface area contributed by atoms with Crippen molar-refractivity contribution in [1.82, 2.24) is 4.90 Å². The summed E-state index contributed by atoms with van der Waals surface area (Å²) < 4.78 is 9.93. The predicted molar refractivity (Wildman–Crippen MR) is 56.7 cm³/mol. The molecule has 0 saturated carbocycles. The Balaban J connectivity index is 2.60. The fourth-order valence-corrected chi connectivity index (χ4v) is 1.26. The van der Waals surface area contributed by atoms with Gasteiger partial charge in [-0.25, -0.2) is 0 Å². The minimum absolute atomic E-state index is 0.211. The lowest BCUT2D eigenvalue weighted by Crippen LogP contribution is -2.34. The number of hydrogen-bond donors (Lipinski definition) is 0. The van der Waals surface area contributed by atoms with Crippen molar-refractivity contribution in [2.45, 2.75) is 6.42 Å². The molecule has 5 heteroatoms. The van der Waals surface area contributed by atoms with Crippen LogP contribution < -0.4 is 0 Å². The van der Waals surface area contributed by atoms with E-state index in [0.29, 0.717) is 26.1 Å². The maximum absolute atomic E-state index is 11.9. The van der Waals surface area contributed by atoms with Gasteiger partial charge in [0.25, 0.3) is 5.91 Å². The van der Waals surface area contributed by atoms with Crippen molar-refractivity contribution in [3.05, 3.63) is 24.2 Å². The molecule has 0 saturated heterocycles. The Hall–Kier alpha value is -1.80. The van der Waals surface area contributed by atoms with Crippen LogP contribution in [0.15, 0.2) is 22.8 Å². The van der Waals surface area contributed by atoms with E-state index in [1.165, 1.54) is 6.26 Å². The van der Waals surface area contributed by atoms with Gasteiger partial charge in [0.2, 0.25) is 0 Å². The molecular weight excluding hydrogens is 208 g/mol. The maximum Gasteiger partial charge on any atom is 0.289 e. The van der Waals surface area contributed by atoms with E-state index < -0.39 is 0 Å². The number of carbonyl (C=O) groups excluding carboxylic acids is 1. The van der Waals surface area contributed by atoms with Gasteiger partial charge >= 0.3 is 0 Å². The molecule has 0 fully saturated rings. The van der Waals surface area contributed by atoms with Crippen LogP contribution in [0.4, 0.5) is 0 Å². The molecule has 1 heterocycles. The molecule has 0 radical (unpaired) electrons. The summed E-state index contributed by atoms with van der Waals surface area (Å²) in [5.41, 5.74) is 0. The standard InChI is InChI=1S/C11H14N2O3/c1-15-9-7-13(6-3-5-12)11(14)10-4-2-8-16-10/h2,4,8H,3,6-7,9H2,1H3. The minimum atomic E-state index is -0.211. The predicted octanol–water partition coefficient (Wildman–Crippen LogP) is 1.28. The van der Waals surface area contributed by atoms with E-state index in [1.807, 2.05) is 6.07 Å². The van der Waals surface area contributed by atoms with Gasteiger partial charge in [0.1, 0.15) is 0 Å². The van der Waals surface area contributed by atoms with Gasteiger partial charge in [-0.3, -0.25) is 4.79 Å². The Morgan fingerprint density at radius 2 is 2.44 bits per heavy atom. The van der Waals surface area contributed by atoms with Crippen molar-refractivity contribution in [2.75, 3.05) is 26.8 Å². The van der Waals surface area contributed by atoms with Gasteiger partial charge in [0.05, 0.1) is 25.4 Å². The minimum Gasteiger partial charge on any atom is -0.459 e. The summed E-state index contributed by atoms with van der Waals surface area (Å²) in [5.74, 6) is 0.0753. The van der Waals surface area contributed by atoms with Gasteiger partial charge in [-0.2, -0.15) is 5.26 Å². The third kappa shape index (κ3) is 3.41. The van der Waals surface area contributed by atoms with E-state index in [2.05, 4.69) is 0 Å². The molecule has 0 unspecified atom stereocenters. The molecule has 0 aliphatic rings. The second-order valence-electron chi connectivity index (χ2n) is 3.17. The van der Waals surface area contributed by atoms with Crippen LogP contribution in [0.3, 0.4) is 0 Å². The molecule has 1 amide bonds. The second-order valence-corrected chi connectivity index (χ2v) is 3.17. The summed E-state index contributed by atoms with van der Waals surface area (Å²) in [6.45, 7) is 1.29. The number of carbonyl (C=O) groups is 1. The first-order chi connectivity index (χ1) is 7.79. The number of nitrogens with zero attached hydrogens (tertiary/aromatic N) is 2. The number of amides is 1. The van der Waals surface area contributed by atoms with Crippen LogP contribution in [0.25, 0.3) is 0 Å². The van der Waals surface area contributed by atoms with E-state index in [1.54, 1.807) is 24.1 Å². The molecule has 16 heavy (non-hydrogen) atoms. The summed E-state index contributed by atoms with van der Waals surface area (Å²) in [6, 6.07) is 5.27. The summed E-state index contributed by atoms with van der Waals surface area (Å²) in [6.07, 6.45) is 1.75. The number of hydrogen-bond acceptors (Lipinski definition) is 4. The first-order valence-electron chi connectivity index (χ1n) is 4.98. The Bertz CT molecular complexity index is 354. The molecule has 0 N–H and O–H groups in total. The van der Waals surface area contributed by atoms with Gasteiger partial charge < -0.3 is 14.1 Å². The average Bonchev–Trinajstić information content (AvgIpc) is 2.82. The second kappa shape index (κ2) is 6.64. The Labute approximate surface area is 94.2 Å². The molecule has 86 valence electrons. The molecule has 1 rings (SSSR count). The van der Waals surface area contributed by atoms with Crippen molar-refractivity contribution >= 4 is 5.91 Å². The van der Waals surface area contributed by atoms with E-state index in [4.69, 9.17) is 14.4 Å². The number of methoxy groups -OCH3 is 1. The van der Waals surface area contributed by atoms with Gasteiger partial charge in [0, 0.05) is 20.2 Å². The van der Waals surface area contributed by atoms with E-state index in [9.17, 15) is 4.79 Å². The Morgan fingerprint density at radius 1 is 1.62 bits per heavy atom. The highest BCUT2D eigenvalue weighted by atomic mass is 16.5. The third-order valence-corrected chi connectivity index (χ3v) is 2.08. The molecule has 0 aliphatic heterocycles. The van der Waals surface area contributed by atoms with Gasteiger partial charge in [-0.05, 0) is 12.1 Å². The number of ether oxygens (including phenoxy) is 1. The zero-order chi connectivity index (χ0) is 11.8. The van der Waals surface area contributed by atoms with Crippen LogP contribution in [0.1, 0.15) is 17.0 Å². The number of furan rings is 1. The van der Waals surface area contributed by atoms with E-state index in [-0.39, 0.29) is 11.7 Å². The molecule has 0 spiro atoms. The van der Waals surface area contributed by atoms with Crippen LogP contribution in [-0.2, 0) is 4.74 Å². The third-order valence-electron chi connectivity index (χ3n) is 2.08. The number of nitriles is 1. The molecular formula is C11H14N2O3. The monoisotopic (exact) mass is 222 g/mol.